The molecule has 1 saturated carbocycles. The van der Waals surface area contributed by atoms with Gasteiger partial charge in [0, 0.05) is 17.2 Å². The van der Waals surface area contributed by atoms with Gasteiger partial charge in [0.25, 0.3) is 0 Å². The fourth-order valence-electron chi connectivity index (χ4n) is 3.04. The minimum atomic E-state index is -0.285. The summed E-state index contributed by atoms with van der Waals surface area (Å²) in [6.07, 6.45) is 3.14. The molecule has 17 heavy (non-hydrogen) atoms. The van der Waals surface area contributed by atoms with Crippen molar-refractivity contribution in [2.24, 2.45) is 11.8 Å². The van der Waals surface area contributed by atoms with E-state index in [4.69, 9.17) is 4.74 Å². The molecule has 0 aliphatic heterocycles. The number of fused-ring (bicyclic) bond motifs is 3. The van der Waals surface area contributed by atoms with Gasteiger partial charge in [-0.2, -0.15) is 16.9 Å². The number of carbonyl (C=O) groups excluding carboxylic acids is 1. The highest BCUT2D eigenvalue weighted by atomic mass is 32.2. The van der Waals surface area contributed by atoms with E-state index < -0.39 is 0 Å². The van der Waals surface area contributed by atoms with Crippen LogP contribution in [0.15, 0.2) is 0 Å². The number of carbonyl (C=O) groups is 1. The van der Waals surface area contributed by atoms with Crippen LogP contribution in [0.1, 0.15) is 34.6 Å². The Hall–Kier alpha value is -0.970. The third-order valence-corrected chi connectivity index (χ3v) is 4.55. The molecule has 1 aromatic rings. The van der Waals surface area contributed by atoms with Crippen molar-refractivity contribution in [3.05, 3.63) is 17.0 Å². The molecular weight excluding hydrogens is 236 g/mol. The first-order chi connectivity index (χ1) is 8.27. The molecule has 3 rings (SSSR count). The van der Waals surface area contributed by atoms with Crippen molar-refractivity contribution in [2.75, 3.05) is 18.6 Å². The van der Waals surface area contributed by atoms with E-state index in [-0.39, 0.29) is 5.97 Å². The Kier molecular flexibility index (Phi) is 2.65. The van der Waals surface area contributed by atoms with Crippen LogP contribution in [0, 0.1) is 11.8 Å². The molecule has 1 N–H and O–H groups in total. The molecule has 0 radical (unpaired) electrons. The van der Waals surface area contributed by atoms with Crippen molar-refractivity contribution < 1.29 is 9.53 Å². The van der Waals surface area contributed by atoms with E-state index in [0.29, 0.717) is 18.2 Å². The van der Waals surface area contributed by atoms with Crippen molar-refractivity contribution >= 4 is 17.7 Å². The molecule has 92 valence electrons. The number of rotatable bonds is 4. The van der Waals surface area contributed by atoms with Crippen LogP contribution in [0.5, 0.6) is 0 Å². The van der Waals surface area contributed by atoms with Crippen LogP contribution in [0.3, 0.4) is 0 Å². The fraction of sp³-hybridized carbons (Fsp3) is 0.667. The molecule has 5 heteroatoms. The third kappa shape index (κ3) is 1.59. The summed E-state index contributed by atoms with van der Waals surface area (Å²) in [7, 11) is 0. The predicted octanol–water partition coefficient (Wildman–Crippen LogP) is 1.84. The van der Waals surface area contributed by atoms with E-state index in [1.807, 2.05) is 18.7 Å². The van der Waals surface area contributed by atoms with Crippen LogP contribution >= 0.6 is 11.8 Å². The topological polar surface area (TPSA) is 55.0 Å². The van der Waals surface area contributed by atoms with E-state index in [0.717, 1.165) is 23.8 Å². The van der Waals surface area contributed by atoms with Gasteiger partial charge in [-0.1, -0.05) is 0 Å². The first-order valence-electron chi connectivity index (χ1n) is 6.01. The number of hydrogen-bond donors (Lipinski definition) is 1. The Morgan fingerprint density at radius 1 is 1.65 bits per heavy atom. The maximum absolute atomic E-state index is 11.7. The first kappa shape index (κ1) is 11.1. The Morgan fingerprint density at radius 2 is 2.47 bits per heavy atom. The number of H-pyrrole nitrogens is 1. The number of ether oxygens (including phenoxy) is 1. The maximum atomic E-state index is 11.7. The summed E-state index contributed by atoms with van der Waals surface area (Å²) in [6, 6.07) is 0. The van der Waals surface area contributed by atoms with E-state index >= 15 is 0 Å². The van der Waals surface area contributed by atoms with Gasteiger partial charge in [0.05, 0.1) is 6.61 Å². The Morgan fingerprint density at radius 3 is 3.18 bits per heavy atom. The Bertz CT molecular complexity index is 457. The highest BCUT2D eigenvalue weighted by Gasteiger charge is 2.57. The van der Waals surface area contributed by atoms with Crippen molar-refractivity contribution in [1.82, 2.24) is 10.2 Å². The average molecular weight is 252 g/mol. The molecule has 0 aromatic carbocycles. The number of hydrogen-bond acceptors (Lipinski definition) is 4. The van der Waals surface area contributed by atoms with Gasteiger partial charge in [-0.25, -0.2) is 4.79 Å². The van der Waals surface area contributed by atoms with Gasteiger partial charge in [0.2, 0.25) is 0 Å². The normalized spacial score (nSPS) is 28.7. The molecule has 4 nitrogen and oxygen atoms in total. The quantitative estimate of drug-likeness (QED) is 0.831. The van der Waals surface area contributed by atoms with Gasteiger partial charge in [-0.15, -0.1) is 0 Å². The van der Waals surface area contributed by atoms with E-state index in [2.05, 4.69) is 16.5 Å². The first-order valence-corrected chi connectivity index (χ1v) is 7.40. The zero-order valence-electron chi connectivity index (χ0n) is 10.0. The number of aromatic nitrogens is 2. The van der Waals surface area contributed by atoms with Gasteiger partial charge in [0.1, 0.15) is 0 Å². The highest BCUT2D eigenvalue weighted by Crippen LogP contribution is 2.62. The second-order valence-electron chi connectivity index (χ2n) is 4.70. The molecule has 1 fully saturated rings. The van der Waals surface area contributed by atoms with Crippen LogP contribution in [-0.2, 0) is 11.2 Å². The molecule has 2 aliphatic rings. The molecule has 3 atom stereocenters. The highest BCUT2D eigenvalue weighted by molar-refractivity contribution is 7.98. The maximum Gasteiger partial charge on any atom is 0.359 e. The standard InChI is InChI=1S/C12H16N2O2S/c1-3-16-12(15)11-7-4-6-8(5-17-2)9(6)10(7)13-14-11/h6,8-9H,3-5H2,1-2H3,(H,13,14)/t6-,8+,9-/m0/s1. The summed E-state index contributed by atoms with van der Waals surface area (Å²) in [5.41, 5.74) is 2.81. The second-order valence-corrected chi connectivity index (χ2v) is 5.61. The number of nitrogens with one attached hydrogen (secondary N) is 1. The molecule has 2 aliphatic carbocycles. The number of thioether (sulfide) groups is 1. The van der Waals surface area contributed by atoms with E-state index in [1.165, 1.54) is 11.4 Å². The van der Waals surface area contributed by atoms with Gasteiger partial charge in [-0.05, 0) is 37.2 Å². The van der Waals surface area contributed by atoms with Crippen LogP contribution < -0.4 is 0 Å². The SMILES string of the molecule is CCOC(=O)c1n[nH]c2c1C[C@H]1[C@@H](CSC)[C@@H]21. The van der Waals surface area contributed by atoms with Gasteiger partial charge in [-0.3, -0.25) is 5.10 Å². The molecule has 1 heterocycles. The van der Waals surface area contributed by atoms with Crippen LogP contribution in [0.2, 0.25) is 0 Å². The third-order valence-electron chi connectivity index (χ3n) is 3.83. The minimum Gasteiger partial charge on any atom is -0.461 e. The van der Waals surface area contributed by atoms with E-state index in [1.54, 1.807) is 0 Å². The van der Waals surface area contributed by atoms with E-state index in [9.17, 15) is 4.79 Å². The molecule has 0 saturated heterocycles. The summed E-state index contributed by atoms with van der Waals surface area (Å²) in [5.74, 6) is 3.07. The van der Waals surface area contributed by atoms with Gasteiger partial charge in [0.15, 0.2) is 5.69 Å². The number of esters is 1. The molecule has 0 amide bonds. The monoisotopic (exact) mass is 252 g/mol. The largest absolute Gasteiger partial charge is 0.461 e. The predicted molar refractivity (Wildman–Crippen MR) is 66.4 cm³/mol. The zero-order valence-corrected chi connectivity index (χ0v) is 10.8. The molecule has 0 bridgehead atoms. The van der Waals surface area contributed by atoms with Crippen molar-refractivity contribution in [3.8, 4) is 0 Å². The molecule has 0 spiro atoms. The summed E-state index contributed by atoms with van der Waals surface area (Å²) in [5, 5.41) is 7.17. The lowest BCUT2D eigenvalue weighted by Crippen LogP contribution is -2.08. The lowest BCUT2D eigenvalue weighted by Gasteiger charge is -2.03. The average Bonchev–Trinajstić information content (AvgIpc) is 2.70. The molecular formula is C12H16N2O2S. The van der Waals surface area contributed by atoms with Crippen molar-refractivity contribution in [2.45, 2.75) is 19.3 Å². The summed E-state index contributed by atoms with van der Waals surface area (Å²) in [6.45, 7) is 2.22. The Balaban J connectivity index is 1.79. The van der Waals surface area contributed by atoms with Gasteiger partial charge >= 0.3 is 5.97 Å². The van der Waals surface area contributed by atoms with Crippen molar-refractivity contribution in [1.29, 1.82) is 0 Å². The fourth-order valence-corrected chi connectivity index (χ4v) is 3.88. The van der Waals surface area contributed by atoms with Crippen molar-refractivity contribution in [3.63, 3.8) is 0 Å². The lowest BCUT2D eigenvalue weighted by atomic mass is 10.1. The lowest BCUT2D eigenvalue weighted by molar-refractivity contribution is 0.0518. The van der Waals surface area contributed by atoms with Crippen LogP contribution in [0.4, 0.5) is 0 Å². The minimum absolute atomic E-state index is 0.285. The molecule has 0 unspecified atom stereocenters. The second kappa shape index (κ2) is 4.05. The number of nitrogens with zero attached hydrogens (tertiary/aromatic N) is 1. The van der Waals surface area contributed by atoms with Crippen LogP contribution in [-0.4, -0.2) is 34.8 Å². The Labute approximate surface area is 104 Å². The van der Waals surface area contributed by atoms with Crippen LogP contribution in [0.25, 0.3) is 0 Å². The number of aromatic amines is 1. The smallest absolute Gasteiger partial charge is 0.359 e. The summed E-state index contributed by atoms with van der Waals surface area (Å²) in [4.78, 5) is 11.7. The summed E-state index contributed by atoms with van der Waals surface area (Å²) < 4.78 is 5.01. The molecule has 1 aromatic heterocycles. The zero-order chi connectivity index (χ0) is 12.0. The summed E-state index contributed by atoms with van der Waals surface area (Å²) >= 11 is 1.90. The van der Waals surface area contributed by atoms with Gasteiger partial charge < -0.3 is 4.74 Å².